The number of nitrogens with two attached hydrogens (primary N) is 1. The van der Waals surface area contributed by atoms with Crippen molar-refractivity contribution in [3.63, 3.8) is 0 Å². The van der Waals surface area contributed by atoms with Crippen molar-refractivity contribution < 1.29 is 14.3 Å². The predicted octanol–water partition coefficient (Wildman–Crippen LogP) is -0.353. The van der Waals surface area contributed by atoms with Gasteiger partial charge in [-0.3, -0.25) is 4.79 Å². The van der Waals surface area contributed by atoms with Gasteiger partial charge in [-0.05, 0) is 19.4 Å². The number of unbranched alkanes of at least 4 members (excludes halogenated alkanes) is 1. The monoisotopic (exact) mass is 216 g/mol. The highest BCUT2D eigenvalue weighted by Crippen LogP contribution is 1.99. The van der Waals surface area contributed by atoms with Crippen molar-refractivity contribution in [2.24, 2.45) is 5.73 Å². The van der Waals surface area contributed by atoms with Gasteiger partial charge in [-0.25, -0.2) is 0 Å². The van der Waals surface area contributed by atoms with E-state index in [0.29, 0.717) is 39.3 Å². The first-order chi connectivity index (χ1) is 7.33. The van der Waals surface area contributed by atoms with Crippen LogP contribution in [0.15, 0.2) is 0 Å². The lowest BCUT2D eigenvalue weighted by molar-refractivity contribution is -0.124. The molecule has 3 N–H and O–H groups in total. The molecule has 1 heterocycles. The molecule has 88 valence electrons. The Morgan fingerprint density at radius 2 is 2.27 bits per heavy atom. The minimum absolute atomic E-state index is 0.0113. The zero-order valence-electron chi connectivity index (χ0n) is 9.04. The predicted molar refractivity (Wildman–Crippen MR) is 56.5 cm³/mol. The maximum Gasteiger partial charge on any atom is 0.220 e. The molecule has 1 aliphatic heterocycles. The Morgan fingerprint density at radius 1 is 1.40 bits per heavy atom. The molecule has 15 heavy (non-hydrogen) atoms. The molecule has 0 aromatic heterocycles. The molecule has 1 rings (SSSR count). The minimum atomic E-state index is 0.0113. The molecule has 0 aromatic carbocycles. The fourth-order valence-electron chi connectivity index (χ4n) is 1.40. The Labute approximate surface area is 90.3 Å². The summed E-state index contributed by atoms with van der Waals surface area (Å²) in [5.74, 6) is 0.0672. The number of nitrogens with one attached hydrogen (secondary N) is 1. The van der Waals surface area contributed by atoms with Crippen molar-refractivity contribution in [3.8, 4) is 0 Å². The topological polar surface area (TPSA) is 73.6 Å². The van der Waals surface area contributed by atoms with Crippen LogP contribution in [0.2, 0.25) is 0 Å². The molecular weight excluding hydrogens is 196 g/mol. The molecule has 5 heteroatoms. The summed E-state index contributed by atoms with van der Waals surface area (Å²) < 4.78 is 10.6. The SMILES string of the molecule is NCCCCC(=O)NCC1COCCO1. The van der Waals surface area contributed by atoms with Gasteiger partial charge in [-0.1, -0.05) is 0 Å². The molecule has 1 fully saturated rings. The van der Waals surface area contributed by atoms with Crippen LogP contribution in [0.5, 0.6) is 0 Å². The van der Waals surface area contributed by atoms with E-state index in [1.807, 2.05) is 0 Å². The summed E-state index contributed by atoms with van der Waals surface area (Å²) >= 11 is 0. The Balaban J connectivity index is 2.00. The van der Waals surface area contributed by atoms with E-state index in [9.17, 15) is 4.79 Å². The smallest absolute Gasteiger partial charge is 0.220 e. The molecule has 0 bridgehead atoms. The number of rotatable bonds is 6. The van der Waals surface area contributed by atoms with E-state index in [1.165, 1.54) is 0 Å². The maximum atomic E-state index is 11.3. The van der Waals surface area contributed by atoms with Gasteiger partial charge < -0.3 is 20.5 Å². The Hall–Kier alpha value is -0.650. The zero-order valence-corrected chi connectivity index (χ0v) is 9.04. The number of ether oxygens (including phenoxy) is 2. The second kappa shape index (κ2) is 7.62. The first kappa shape index (κ1) is 12.4. The summed E-state index contributed by atoms with van der Waals surface area (Å²) in [5.41, 5.74) is 5.34. The highest BCUT2D eigenvalue weighted by Gasteiger charge is 2.14. The molecule has 1 atom stereocenters. The average molecular weight is 216 g/mol. The minimum Gasteiger partial charge on any atom is -0.376 e. The van der Waals surface area contributed by atoms with Crippen LogP contribution in [0.1, 0.15) is 19.3 Å². The zero-order chi connectivity index (χ0) is 10.9. The highest BCUT2D eigenvalue weighted by molar-refractivity contribution is 5.75. The number of hydrogen-bond acceptors (Lipinski definition) is 4. The summed E-state index contributed by atoms with van der Waals surface area (Å²) in [6.07, 6.45) is 2.31. The third kappa shape index (κ3) is 5.71. The molecule has 0 aliphatic carbocycles. The van der Waals surface area contributed by atoms with Gasteiger partial charge in [0.05, 0.1) is 25.9 Å². The Bertz CT molecular complexity index is 182. The molecule has 0 aromatic rings. The normalized spacial score (nSPS) is 21.3. The van der Waals surface area contributed by atoms with Crippen molar-refractivity contribution in [1.29, 1.82) is 0 Å². The van der Waals surface area contributed by atoms with Gasteiger partial charge in [0.1, 0.15) is 0 Å². The molecule has 0 radical (unpaired) electrons. The first-order valence-corrected chi connectivity index (χ1v) is 5.49. The fraction of sp³-hybridized carbons (Fsp3) is 0.900. The lowest BCUT2D eigenvalue weighted by atomic mass is 10.2. The summed E-state index contributed by atoms with van der Waals surface area (Å²) in [4.78, 5) is 11.3. The van der Waals surface area contributed by atoms with Gasteiger partial charge in [0.2, 0.25) is 5.91 Å². The van der Waals surface area contributed by atoms with Crippen molar-refractivity contribution >= 4 is 5.91 Å². The average Bonchev–Trinajstić information content (AvgIpc) is 2.28. The van der Waals surface area contributed by atoms with Gasteiger partial charge in [-0.2, -0.15) is 0 Å². The summed E-state index contributed by atoms with van der Waals surface area (Å²) in [6.45, 7) is 3.03. The van der Waals surface area contributed by atoms with Crippen LogP contribution < -0.4 is 11.1 Å². The van der Waals surface area contributed by atoms with Crippen molar-refractivity contribution in [1.82, 2.24) is 5.32 Å². The first-order valence-electron chi connectivity index (χ1n) is 5.49. The fourth-order valence-corrected chi connectivity index (χ4v) is 1.40. The van der Waals surface area contributed by atoms with Crippen molar-refractivity contribution in [2.75, 3.05) is 32.9 Å². The van der Waals surface area contributed by atoms with Crippen LogP contribution in [0.4, 0.5) is 0 Å². The standard InChI is InChI=1S/C10H20N2O3/c11-4-2-1-3-10(13)12-7-9-8-14-5-6-15-9/h9H,1-8,11H2,(H,12,13). The number of carbonyl (C=O) groups is 1. The molecule has 0 saturated carbocycles. The summed E-state index contributed by atoms with van der Waals surface area (Å²) in [5, 5.41) is 2.83. The third-order valence-corrected chi connectivity index (χ3v) is 2.27. The van der Waals surface area contributed by atoms with Gasteiger partial charge in [0.25, 0.3) is 0 Å². The van der Waals surface area contributed by atoms with Crippen LogP contribution in [-0.4, -0.2) is 44.9 Å². The highest BCUT2D eigenvalue weighted by atomic mass is 16.6. The molecule has 0 spiro atoms. The van der Waals surface area contributed by atoms with Crippen LogP contribution in [0, 0.1) is 0 Å². The summed E-state index contributed by atoms with van der Waals surface area (Å²) in [6, 6.07) is 0. The third-order valence-electron chi connectivity index (χ3n) is 2.27. The number of carbonyl (C=O) groups excluding carboxylic acids is 1. The van der Waals surface area contributed by atoms with E-state index >= 15 is 0 Å². The van der Waals surface area contributed by atoms with E-state index in [0.717, 1.165) is 12.8 Å². The van der Waals surface area contributed by atoms with E-state index < -0.39 is 0 Å². The van der Waals surface area contributed by atoms with Crippen LogP contribution in [-0.2, 0) is 14.3 Å². The number of amides is 1. The van der Waals surface area contributed by atoms with Crippen molar-refractivity contribution in [3.05, 3.63) is 0 Å². The van der Waals surface area contributed by atoms with Gasteiger partial charge in [0.15, 0.2) is 0 Å². The van der Waals surface area contributed by atoms with Gasteiger partial charge >= 0.3 is 0 Å². The largest absolute Gasteiger partial charge is 0.376 e. The quantitative estimate of drug-likeness (QED) is 0.595. The van der Waals surface area contributed by atoms with Crippen LogP contribution in [0.3, 0.4) is 0 Å². The van der Waals surface area contributed by atoms with Crippen LogP contribution >= 0.6 is 0 Å². The summed E-state index contributed by atoms with van der Waals surface area (Å²) in [7, 11) is 0. The maximum absolute atomic E-state index is 11.3. The van der Waals surface area contributed by atoms with E-state index in [4.69, 9.17) is 15.2 Å². The molecule has 1 aliphatic rings. The molecule has 1 unspecified atom stereocenters. The second-order valence-electron chi connectivity index (χ2n) is 3.62. The lowest BCUT2D eigenvalue weighted by Gasteiger charge is -2.23. The van der Waals surface area contributed by atoms with Gasteiger partial charge in [-0.15, -0.1) is 0 Å². The van der Waals surface area contributed by atoms with Crippen molar-refractivity contribution in [2.45, 2.75) is 25.4 Å². The Kier molecular flexibility index (Phi) is 6.31. The second-order valence-corrected chi connectivity index (χ2v) is 3.62. The molecular formula is C10H20N2O3. The van der Waals surface area contributed by atoms with E-state index in [1.54, 1.807) is 0 Å². The molecule has 1 amide bonds. The van der Waals surface area contributed by atoms with E-state index in [2.05, 4.69) is 5.32 Å². The number of hydrogen-bond donors (Lipinski definition) is 2. The van der Waals surface area contributed by atoms with Crippen LogP contribution in [0.25, 0.3) is 0 Å². The molecule has 1 saturated heterocycles. The molecule has 5 nitrogen and oxygen atoms in total. The van der Waals surface area contributed by atoms with E-state index in [-0.39, 0.29) is 12.0 Å². The van der Waals surface area contributed by atoms with Gasteiger partial charge in [0, 0.05) is 13.0 Å². The Morgan fingerprint density at radius 3 is 2.93 bits per heavy atom. The lowest BCUT2D eigenvalue weighted by Crippen LogP contribution is -2.39.